The van der Waals surface area contributed by atoms with Crippen molar-refractivity contribution in [3.05, 3.63) is 59.9 Å². The van der Waals surface area contributed by atoms with Gasteiger partial charge in [-0.1, -0.05) is 36.8 Å². The molecule has 2 aliphatic heterocycles. The number of likely N-dealkylation sites (tertiary alicyclic amines) is 1. The molecule has 170 valence electrons. The summed E-state index contributed by atoms with van der Waals surface area (Å²) in [6, 6.07) is 17.1. The molecule has 2 aromatic heterocycles. The Morgan fingerprint density at radius 1 is 0.879 bits per heavy atom. The highest BCUT2D eigenvalue weighted by atomic mass is 16.5. The molecule has 0 amide bonds. The lowest BCUT2D eigenvalue weighted by Gasteiger charge is -2.26. The monoisotopic (exact) mass is 442 g/mol. The van der Waals surface area contributed by atoms with E-state index >= 15 is 0 Å². The fourth-order valence-corrected chi connectivity index (χ4v) is 5.43. The number of fused-ring (bicyclic) bond motifs is 5. The first-order valence-electron chi connectivity index (χ1n) is 12.2. The van der Waals surface area contributed by atoms with Gasteiger partial charge in [0.05, 0.1) is 18.8 Å². The second kappa shape index (κ2) is 8.98. The van der Waals surface area contributed by atoms with E-state index in [-0.39, 0.29) is 0 Å². The van der Waals surface area contributed by atoms with Crippen LogP contribution in [0.4, 0.5) is 0 Å². The first-order valence-corrected chi connectivity index (χ1v) is 12.2. The standard InChI is InChI=1S/C26H30N6O/c1-6-14-30(15-7-1)17-18-32-25(27-28-29-32)12-16-31-23-10-4-2-8-20(23)21-13-19-33-24-11-5-3-9-22(24)26(21)31/h2-5,8-11H,1,6-7,12-19H2. The van der Waals surface area contributed by atoms with Gasteiger partial charge in [0, 0.05) is 42.4 Å². The summed E-state index contributed by atoms with van der Waals surface area (Å²) >= 11 is 0. The van der Waals surface area contributed by atoms with Crippen LogP contribution in [0.5, 0.6) is 5.75 Å². The van der Waals surface area contributed by atoms with Crippen LogP contribution in [-0.4, -0.2) is 55.9 Å². The van der Waals surface area contributed by atoms with Crippen LogP contribution in [0.25, 0.3) is 22.2 Å². The fourth-order valence-electron chi connectivity index (χ4n) is 5.43. The second-order valence-electron chi connectivity index (χ2n) is 9.06. The van der Waals surface area contributed by atoms with Crippen molar-refractivity contribution < 1.29 is 4.74 Å². The maximum Gasteiger partial charge on any atom is 0.153 e. The molecule has 0 spiro atoms. The number of piperidine rings is 1. The van der Waals surface area contributed by atoms with Gasteiger partial charge in [-0.3, -0.25) is 0 Å². The molecule has 0 bridgehead atoms. The van der Waals surface area contributed by atoms with E-state index < -0.39 is 0 Å². The first kappa shape index (κ1) is 20.4. The van der Waals surface area contributed by atoms with Gasteiger partial charge in [0.1, 0.15) is 5.75 Å². The largest absolute Gasteiger partial charge is 0.493 e. The Bertz CT molecular complexity index is 1250. The van der Waals surface area contributed by atoms with Crippen molar-refractivity contribution in [1.29, 1.82) is 0 Å². The van der Waals surface area contributed by atoms with Crippen LogP contribution in [0.1, 0.15) is 30.7 Å². The predicted molar refractivity (Wildman–Crippen MR) is 128 cm³/mol. The number of para-hydroxylation sites is 2. The number of hydrogen-bond acceptors (Lipinski definition) is 5. The molecule has 33 heavy (non-hydrogen) atoms. The highest BCUT2D eigenvalue weighted by Gasteiger charge is 2.24. The lowest BCUT2D eigenvalue weighted by atomic mass is 10.0. The lowest BCUT2D eigenvalue weighted by Crippen LogP contribution is -2.33. The maximum atomic E-state index is 6.10. The molecular weight excluding hydrogens is 412 g/mol. The van der Waals surface area contributed by atoms with Gasteiger partial charge in [-0.25, -0.2) is 4.68 Å². The molecule has 7 heteroatoms. The number of ether oxygens (including phenoxy) is 1. The quantitative estimate of drug-likeness (QED) is 0.452. The highest BCUT2D eigenvalue weighted by Crippen LogP contribution is 2.40. The molecule has 7 nitrogen and oxygen atoms in total. The minimum atomic E-state index is 0.701. The number of tetrazole rings is 1. The summed E-state index contributed by atoms with van der Waals surface area (Å²) in [5.74, 6) is 1.92. The van der Waals surface area contributed by atoms with E-state index in [0.29, 0.717) is 6.61 Å². The predicted octanol–water partition coefficient (Wildman–Crippen LogP) is 3.96. The van der Waals surface area contributed by atoms with Crippen LogP contribution in [0, 0.1) is 0 Å². The Morgan fingerprint density at radius 2 is 1.73 bits per heavy atom. The summed E-state index contributed by atoms with van der Waals surface area (Å²) < 4.78 is 10.5. The van der Waals surface area contributed by atoms with Crippen LogP contribution in [-0.2, 0) is 25.9 Å². The Hall–Kier alpha value is -3.19. The summed E-state index contributed by atoms with van der Waals surface area (Å²) in [6.45, 7) is 5.79. The van der Waals surface area contributed by atoms with Crippen molar-refractivity contribution in [1.82, 2.24) is 29.7 Å². The summed E-state index contributed by atoms with van der Waals surface area (Å²) in [5, 5.41) is 14.0. The van der Waals surface area contributed by atoms with Gasteiger partial charge in [0.25, 0.3) is 0 Å². The van der Waals surface area contributed by atoms with Crippen molar-refractivity contribution >= 4 is 10.9 Å². The Labute approximate surface area is 194 Å². The van der Waals surface area contributed by atoms with E-state index in [1.54, 1.807) is 0 Å². The average molecular weight is 443 g/mol. The Morgan fingerprint density at radius 3 is 2.67 bits per heavy atom. The van der Waals surface area contributed by atoms with Crippen LogP contribution in [0.15, 0.2) is 48.5 Å². The zero-order valence-corrected chi connectivity index (χ0v) is 19.0. The molecule has 4 aromatic rings. The number of rotatable bonds is 6. The fraction of sp³-hybridized carbons (Fsp3) is 0.423. The zero-order valence-electron chi connectivity index (χ0n) is 19.0. The van der Waals surface area contributed by atoms with Crippen molar-refractivity contribution in [2.75, 3.05) is 26.2 Å². The molecule has 2 aliphatic rings. The number of nitrogens with zero attached hydrogens (tertiary/aromatic N) is 6. The summed E-state index contributed by atoms with van der Waals surface area (Å²) in [7, 11) is 0. The number of hydrogen-bond donors (Lipinski definition) is 0. The lowest BCUT2D eigenvalue weighted by molar-refractivity contribution is 0.216. The molecule has 2 aromatic carbocycles. The molecule has 6 rings (SSSR count). The first-order chi connectivity index (χ1) is 16.4. The number of benzene rings is 2. The molecule has 0 saturated carbocycles. The normalized spacial score (nSPS) is 16.2. The molecule has 0 unspecified atom stereocenters. The smallest absolute Gasteiger partial charge is 0.153 e. The summed E-state index contributed by atoms with van der Waals surface area (Å²) in [6.07, 6.45) is 5.67. The van der Waals surface area contributed by atoms with Crippen LogP contribution in [0.2, 0.25) is 0 Å². The van der Waals surface area contributed by atoms with Gasteiger partial charge in [-0.15, -0.1) is 5.10 Å². The minimum Gasteiger partial charge on any atom is -0.493 e. The van der Waals surface area contributed by atoms with E-state index in [9.17, 15) is 0 Å². The van der Waals surface area contributed by atoms with E-state index in [2.05, 4.69) is 67.5 Å². The molecule has 1 fully saturated rings. The van der Waals surface area contributed by atoms with Gasteiger partial charge >= 0.3 is 0 Å². The van der Waals surface area contributed by atoms with Gasteiger partial charge in [0.15, 0.2) is 5.82 Å². The molecule has 0 atom stereocenters. The van der Waals surface area contributed by atoms with Crippen molar-refractivity contribution in [2.45, 2.75) is 45.2 Å². The average Bonchev–Trinajstić information content (AvgIpc) is 3.38. The Kier molecular flexibility index (Phi) is 5.56. The number of aryl methyl sites for hydroxylation is 2. The number of aromatic nitrogens is 5. The van der Waals surface area contributed by atoms with Crippen LogP contribution >= 0.6 is 0 Å². The third-order valence-corrected chi connectivity index (χ3v) is 7.07. The highest BCUT2D eigenvalue weighted by molar-refractivity contribution is 5.93. The third kappa shape index (κ3) is 3.91. The molecule has 4 heterocycles. The summed E-state index contributed by atoms with van der Waals surface area (Å²) in [5.41, 5.74) is 5.09. The maximum absolute atomic E-state index is 6.10. The molecule has 1 saturated heterocycles. The molecule has 0 radical (unpaired) electrons. The van der Waals surface area contributed by atoms with Gasteiger partial charge in [-0.2, -0.15) is 0 Å². The molecule has 0 N–H and O–H groups in total. The van der Waals surface area contributed by atoms with Crippen molar-refractivity contribution in [2.24, 2.45) is 0 Å². The van der Waals surface area contributed by atoms with Gasteiger partial charge in [0.2, 0.25) is 0 Å². The van der Waals surface area contributed by atoms with E-state index in [4.69, 9.17) is 4.74 Å². The molecular formula is C26H30N6O. The van der Waals surface area contributed by atoms with E-state index in [0.717, 1.165) is 44.0 Å². The minimum absolute atomic E-state index is 0.701. The SMILES string of the molecule is c1ccc2c(c1)OCCc1c-2n(CCc2nnnn2CCN2CCCCC2)c2ccccc12. The van der Waals surface area contributed by atoms with Gasteiger partial charge < -0.3 is 14.2 Å². The van der Waals surface area contributed by atoms with Crippen LogP contribution < -0.4 is 4.74 Å². The second-order valence-corrected chi connectivity index (χ2v) is 9.06. The topological polar surface area (TPSA) is 61.0 Å². The van der Waals surface area contributed by atoms with Crippen molar-refractivity contribution in [3.8, 4) is 17.0 Å². The zero-order chi connectivity index (χ0) is 22.0. The van der Waals surface area contributed by atoms with E-state index in [1.807, 2.05) is 10.7 Å². The van der Waals surface area contributed by atoms with E-state index in [1.165, 1.54) is 60.1 Å². The van der Waals surface area contributed by atoms with Crippen LogP contribution in [0.3, 0.4) is 0 Å². The third-order valence-electron chi connectivity index (χ3n) is 7.07. The molecule has 0 aliphatic carbocycles. The van der Waals surface area contributed by atoms with Crippen molar-refractivity contribution in [3.63, 3.8) is 0 Å². The Balaban J connectivity index is 1.30. The van der Waals surface area contributed by atoms with Gasteiger partial charge in [-0.05, 0) is 60.1 Å². The summed E-state index contributed by atoms with van der Waals surface area (Å²) in [4.78, 5) is 2.53.